The molecule has 0 saturated carbocycles. The predicted molar refractivity (Wildman–Crippen MR) is 192 cm³/mol. The zero-order valence-electron chi connectivity index (χ0n) is 30.1. The van der Waals surface area contributed by atoms with E-state index < -0.39 is 6.10 Å². The van der Waals surface area contributed by atoms with Crippen molar-refractivity contribution in [1.82, 2.24) is 0 Å². The Morgan fingerprint density at radius 3 is 1.24 bits per heavy atom. The Labute approximate surface area is 280 Å². The third kappa shape index (κ3) is 35.3. The molecule has 0 fully saturated rings. The maximum atomic E-state index is 12.2. The summed E-state index contributed by atoms with van der Waals surface area (Å²) in [6.45, 7) is 4.12. The number of unbranched alkanes of at least 4 members (excludes halogenated alkanes) is 26. The Morgan fingerprint density at radius 2 is 0.822 bits per heavy atom. The van der Waals surface area contributed by atoms with E-state index in [1.165, 1.54) is 141 Å². The lowest BCUT2D eigenvalue weighted by molar-refractivity contribution is -0.161. The summed E-state index contributed by atoms with van der Waals surface area (Å²) in [7, 11) is 0. The largest absolute Gasteiger partial charge is 0.462 e. The first-order valence-electron chi connectivity index (χ1n) is 19.7. The molecule has 1 atom stereocenters. The first kappa shape index (κ1) is 43.6. The van der Waals surface area contributed by atoms with Crippen LogP contribution in [0.15, 0.2) is 12.2 Å². The van der Waals surface area contributed by atoms with Gasteiger partial charge in [0.25, 0.3) is 0 Å². The summed E-state index contributed by atoms with van der Waals surface area (Å²) < 4.78 is 10.6. The third-order valence-corrected chi connectivity index (χ3v) is 8.81. The summed E-state index contributed by atoms with van der Waals surface area (Å²) in [6, 6.07) is 0. The number of rotatable bonds is 36. The average molecular weight is 637 g/mol. The maximum absolute atomic E-state index is 12.2. The lowest BCUT2D eigenvalue weighted by Gasteiger charge is -2.15. The minimum absolute atomic E-state index is 0.0646. The summed E-state index contributed by atoms with van der Waals surface area (Å²) in [5.74, 6) is -0.591. The number of allylic oxidation sites excluding steroid dienone is 2. The van der Waals surface area contributed by atoms with Crippen molar-refractivity contribution in [3.8, 4) is 0 Å². The highest BCUT2D eigenvalue weighted by molar-refractivity contribution is 5.70. The van der Waals surface area contributed by atoms with Crippen molar-refractivity contribution in [2.45, 2.75) is 219 Å². The fourth-order valence-electron chi connectivity index (χ4n) is 5.78. The van der Waals surface area contributed by atoms with Crippen LogP contribution in [0.2, 0.25) is 0 Å². The summed E-state index contributed by atoms with van der Waals surface area (Å²) in [5.41, 5.74) is 0. The number of hydrogen-bond donors (Lipinski definition) is 1. The minimum atomic E-state index is -0.767. The van der Waals surface area contributed by atoms with Crippen molar-refractivity contribution in [3.05, 3.63) is 12.2 Å². The number of carbonyl (C=O) groups is 2. The molecule has 0 aromatic rings. The van der Waals surface area contributed by atoms with Gasteiger partial charge in [0, 0.05) is 12.8 Å². The van der Waals surface area contributed by atoms with Crippen LogP contribution >= 0.6 is 0 Å². The SMILES string of the molecule is CCCCC/C=C/CCCCCCCC(=O)OC[C@H](CO)OC(=O)CCCCCCCCCCCCCCCCCCCCC. The highest BCUT2D eigenvalue weighted by atomic mass is 16.6. The Bertz CT molecular complexity index is 647. The summed E-state index contributed by atoms with van der Waals surface area (Å²) in [4.78, 5) is 24.2. The number of carbonyl (C=O) groups excluding carboxylic acids is 2. The van der Waals surface area contributed by atoms with Gasteiger partial charge in [-0.1, -0.05) is 174 Å². The van der Waals surface area contributed by atoms with Crippen LogP contribution in [0, 0.1) is 0 Å². The van der Waals surface area contributed by atoms with E-state index in [0.717, 1.165) is 44.9 Å². The van der Waals surface area contributed by atoms with E-state index in [0.29, 0.717) is 12.8 Å². The van der Waals surface area contributed by atoms with Gasteiger partial charge >= 0.3 is 11.9 Å². The van der Waals surface area contributed by atoms with Crippen LogP contribution in [0.3, 0.4) is 0 Å². The van der Waals surface area contributed by atoms with Gasteiger partial charge in [0.05, 0.1) is 6.61 Å². The van der Waals surface area contributed by atoms with Gasteiger partial charge in [-0.25, -0.2) is 0 Å². The van der Waals surface area contributed by atoms with E-state index in [2.05, 4.69) is 26.0 Å². The Hall–Kier alpha value is -1.36. The quantitative estimate of drug-likeness (QED) is 0.0421. The molecule has 0 spiro atoms. The molecular weight excluding hydrogens is 560 g/mol. The Kier molecular flexibility index (Phi) is 36.0. The molecule has 0 bridgehead atoms. The molecule has 0 saturated heterocycles. The number of aliphatic hydroxyl groups excluding tert-OH is 1. The first-order valence-corrected chi connectivity index (χ1v) is 19.7. The lowest BCUT2D eigenvalue weighted by atomic mass is 10.0. The summed E-state index contributed by atoms with van der Waals surface area (Å²) >= 11 is 0. The molecule has 0 aliphatic carbocycles. The molecule has 0 aliphatic heterocycles. The molecule has 0 heterocycles. The van der Waals surface area contributed by atoms with Gasteiger partial charge in [0.1, 0.15) is 6.61 Å². The van der Waals surface area contributed by atoms with Crippen LogP contribution in [0.5, 0.6) is 0 Å². The molecule has 45 heavy (non-hydrogen) atoms. The van der Waals surface area contributed by atoms with Gasteiger partial charge in [-0.15, -0.1) is 0 Å². The molecule has 0 unspecified atom stereocenters. The van der Waals surface area contributed by atoms with Crippen molar-refractivity contribution >= 4 is 11.9 Å². The van der Waals surface area contributed by atoms with E-state index >= 15 is 0 Å². The summed E-state index contributed by atoms with van der Waals surface area (Å²) in [5, 5.41) is 9.54. The second-order valence-electron chi connectivity index (χ2n) is 13.4. The minimum Gasteiger partial charge on any atom is -0.462 e. The number of aliphatic hydroxyl groups is 1. The molecule has 5 heteroatoms. The zero-order valence-corrected chi connectivity index (χ0v) is 30.1. The van der Waals surface area contributed by atoms with Crippen molar-refractivity contribution < 1.29 is 24.2 Å². The van der Waals surface area contributed by atoms with E-state index in [1.807, 2.05) is 0 Å². The maximum Gasteiger partial charge on any atom is 0.306 e. The van der Waals surface area contributed by atoms with Crippen LogP contribution in [-0.4, -0.2) is 36.4 Å². The highest BCUT2D eigenvalue weighted by Crippen LogP contribution is 2.15. The van der Waals surface area contributed by atoms with Crippen LogP contribution in [-0.2, 0) is 19.1 Å². The van der Waals surface area contributed by atoms with Gasteiger partial charge < -0.3 is 14.6 Å². The molecule has 0 rings (SSSR count). The average Bonchev–Trinajstić information content (AvgIpc) is 3.04. The number of esters is 2. The van der Waals surface area contributed by atoms with E-state index in [1.54, 1.807) is 0 Å². The summed E-state index contributed by atoms with van der Waals surface area (Å²) in [6.07, 6.45) is 41.3. The monoisotopic (exact) mass is 637 g/mol. The Balaban J connectivity index is 3.50. The fourth-order valence-corrected chi connectivity index (χ4v) is 5.78. The van der Waals surface area contributed by atoms with Crippen molar-refractivity contribution in [3.63, 3.8) is 0 Å². The van der Waals surface area contributed by atoms with E-state index in [4.69, 9.17) is 9.47 Å². The highest BCUT2D eigenvalue weighted by Gasteiger charge is 2.16. The number of hydrogen-bond acceptors (Lipinski definition) is 5. The molecule has 0 amide bonds. The lowest BCUT2D eigenvalue weighted by Crippen LogP contribution is -2.28. The zero-order chi connectivity index (χ0) is 32.9. The Morgan fingerprint density at radius 1 is 0.489 bits per heavy atom. The smallest absolute Gasteiger partial charge is 0.306 e. The van der Waals surface area contributed by atoms with Crippen molar-refractivity contribution in [2.75, 3.05) is 13.2 Å². The van der Waals surface area contributed by atoms with Gasteiger partial charge in [-0.2, -0.15) is 0 Å². The molecular formula is C40H76O5. The molecule has 0 aromatic carbocycles. The molecule has 0 aliphatic rings. The second kappa shape index (κ2) is 37.1. The van der Waals surface area contributed by atoms with Crippen LogP contribution in [0.1, 0.15) is 213 Å². The second-order valence-corrected chi connectivity index (χ2v) is 13.4. The van der Waals surface area contributed by atoms with Crippen molar-refractivity contribution in [2.24, 2.45) is 0 Å². The topological polar surface area (TPSA) is 72.8 Å². The van der Waals surface area contributed by atoms with Crippen molar-refractivity contribution in [1.29, 1.82) is 0 Å². The van der Waals surface area contributed by atoms with Crippen LogP contribution < -0.4 is 0 Å². The third-order valence-electron chi connectivity index (χ3n) is 8.81. The van der Waals surface area contributed by atoms with E-state index in [9.17, 15) is 14.7 Å². The fraction of sp³-hybridized carbons (Fsp3) is 0.900. The molecule has 0 radical (unpaired) electrons. The molecule has 1 N–H and O–H groups in total. The number of ether oxygens (including phenoxy) is 2. The van der Waals surface area contributed by atoms with Gasteiger partial charge in [0.15, 0.2) is 6.10 Å². The van der Waals surface area contributed by atoms with Crippen LogP contribution in [0.25, 0.3) is 0 Å². The molecule has 266 valence electrons. The van der Waals surface area contributed by atoms with Crippen LogP contribution in [0.4, 0.5) is 0 Å². The van der Waals surface area contributed by atoms with Gasteiger partial charge in [0.2, 0.25) is 0 Å². The first-order chi connectivity index (χ1) is 22.1. The molecule has 5 nitrogen and oxygen atoms in total. The van der Waals surface area contributed by atoms with Gasteiger partial charge in [-0.05, 0) is 38.5 Å². The van der Waals surface area contributed by atoms with E-state index in [-0.39, 0.29) is 25.2 Å². The standard InChI is InChI=1S/C40H76O5/c1-3-5-7-9-11-13-15-17-18-19-20-21-22-23-25-27-29-31-33-35-40(43)45-38(36-41)37-44-39(42)34-32-30-28-26-24-16-14-12-10-8-6-4-2/h12,14,38,41H,3-11,13,15-37H2,1-2H3/b14-12+/t38-/m0/s1. The predicted octanol–water partition coefficient (Wildman–Crippen LogP) is 12.1. The normalized spacial score (nSPS) is 12.2. The van der Waals surface area contributed by atoms with Gasteiger partial charge in [-0.3, -0.25) is 9.59 Å². The molecule has 0 aromatic heterocycles.